The van der Waals surface area contributed by atoms with Crippen LogP contribution < -0.4 is 32.1 Å². The first kappa shape index (κ1) is 66.1. The minimum absolute atomic E-state index is 0. The molecule has 6 aromatic carbocycles. The summed E-state index contributed by atoms with van der Waals surface area (Å²) >= 11 is 0. The van der Waals surface area contributed by atoms with Crippen LogP contribution in [-0.2, 0) is 39.9 Å². The fourth-order valence-electron chi connectivity index (χ4n) is 10.5. The van der Waals surface area contributed by atoms with E-state index in [9.17, 15) is 23.0 Å². The number of aryl methyl sites for hydroxylation is 2. The van der Waals surface area contributed by atoms with Crippen molar-refractivity contribution in [2.24, 2.45) is 23.3 Å². The van der Waals surface area contributed by atoms with Crippen molar-refractivity contribution < 1.29 is 32.1 Å². The third-order valence-electron chi connectivity index (χ3n) is 15.6. The maximum absolute atomic E-state index is 15.6. The second-order valence-electron chi connectivity index (χ2n) is 24.9. The van der Waals surface area contributed by atoms with Crippen LogP contribution in [0.2, 0.25) is 0 Å². The van der Waals surface area contributed by atoms with Gasteiger partial charge in [0.05, 0.1) is 60.9 Å². The Morgan fingerprint density at radius 2 is 1.08 bits per heavy atom. The topological polar surface area (TPSA) is 213 Å². The number of rotatable bonds is 21. The molecule has 2 aliphatic carbocycles. The number of alkyl carbamates (subject to hydrolysis) is 1. The Kier molecular flexibility index (Phi) is 21.1. The molecular weight excluding hydrogens is 1150 g/mol. The van der Waals surface area contributed by atoms with Crippen molar-refractivity contribution in [3.63, 3.8) is 0 Å². The van der Waals surface area contributed by atoms with E-state index in [-0.39, 0.29) is 36.0 Å². The second-order valence-corrected chi connectivity index (χ2v) is 26.9. The molecule has 0 aliphatic heterocycles. The van der Waals surface area contributed by atoms with E-state index in [1.165, 1.54) is 29.7 Å². The zero-order valence-corrected chi connectivity index (χ0v) is 52.9. The molecule has 464 valence electrons. The molecular formula is C69H81ClF2N10O5S. The minimum Gasteiger partial charge on any atom is -0.444 e. The Balaban J connectivity index is 0.000000235. The zero-order chi connectivity index (χ0) is 62.3. The highest BCUT2D eigenvalue weighted by Crippen LogP contribution is 2.44. The molecule has 15 nitrogen and oxygen atoms in total. The molecule has 0 spiro atoms. The molecule has 0 radical (unpaired) electrons. The number of carbonyl (C=O) groups is 3. The molecule has 3 atom stereocenters. The lowest BCUT2D eigenvalue weighted by Crippen LogP contribution is -2.49. The van der Waals surface area contributed by atoms with Gasteiger partial charge in [-0.05, 0) is 187 Å². The van der Waals surface area contributed by atoms with Gasteiger partial charge in [-0.25, -0.2) is 31.9 Å². The molecule has 2 aromatic heterocycles. The predicted octanol–water partition coefficient (Wildman–Crippen LogP) is 13.9. The molecule has 0 bridgehead atoms. The standard InChI is InChI=1S/C39H48FN5O4S.C30H32FN5O.ClH/c1-26-22-34(45(43-26)31-15-11-12-28(23-31)25-41-36(47)49-37(2,3)4)35(46)42-33-24-30(18-19-32(33)40)39(21-20-27-16-17-27,29-13-9-8-10-14-29)44-50(48)38(5,6)7;1-20-16-28(36(35-20)25-9-5-6-22(17-25)19-32)29(37)34-27-18-24(12-13-26(27)31)30(33,15-14-21-10-11-21)23-7-3-2-4-8-23;/h8-15,18-19,22-24,27,44H,16-17,20-21,25H2,1-7H3,(H,41,47)(H,42,46);2-9,12-13,16-18,21H,10-11,14-15,19,32-33H2,1H3,(H,34,37);1H/t39?,50-;;/m0../s1. The van der Waals surface area contributed by atoms with Crippen molar-refractivity contribution >= 4 is 52.7 Å². The fraction of sp³-hybridized carbons (Fsp3) is 0.348. The molecule has 3 amide bonds. The number of nitrogens with two attached hydrogens (primary N) is 2. The molecule has 19 heteroatoms. The Labute approximate surface area is 523 Å². The van der Waals surface area contributed by atoms with Gasteiger partial charge in [-0.2, -0.15) is 10.2 Å². The van der Waals surface area contributed by atoms with Crippen LogP contribution in [0.15, 0.2) is 158 Å². The van der Waals surface area contributed by atoms with E-state index in [2.05, 4.69) is 30.9 Å². The molecule has 2 unspecified atom stereocenters. The van der Waals surface area contributed by atoms with Crippen LogP contribution >= 0.6 is 12.4 Å². The molecule has 2 saturated carbocycles. The van der Waals surface area contributed by atoms with Crippen molar-refractivity contribution in [1.29, 1.82) is 0 Å². The SMILES string of the molecule is Cc1cc(C(=O)Nc2cc(C(CCC3CC3)(N[S@@](=O)C(C)(C)C)c3ccccc3)ccc2F)n(-c2cccc(CNC(=O)OC(C)(C)C)c2)n1.Cc1cc(C(=O)Nc2cc(C(N)(CCC3CC3)c3ccccc3)ccc2F)n(-c2cccc(CN)c2)n1.Cl. The van der Waals surface area contributed by atoms with Crippen molar-refractivity contribution in [2.75, 3.05) is 10.6 Å². The van der Waals surface area contributed by atoms with E-state index in [4.69, 9.17) is 16.2 Å². The number of nitrogens with zero attached hydrogens (tertiary/aromatic N) is 4. The van der Waals surface area contributed by atoms with Crippen LogP contribution in [0.3, 0.4) is 0 Å². The summed E-state index contributed by atoms with van der Waals surface area (Å²) in [5.74, 6) is -0.836. The number of amides is 3. The lowest BCUT2D eigenvalue weighted by molar-refractivity contribution is 0.0523. The quantitative estimate of drug-likeness (QED) is 0.0403. The van der Waals surface area contributed by atoms with Crippen LogP contribution in [0.5, 0.6) is 0 Å². The van der Waals surface area contributed by atoms with E-state index >= 15 is 4.39 Å². The van der Waals surface area contributed by atoms with Gasteiger partial charge in [0.15, 0.2) is 0 Å². The summed E-state index contributed by atoms with van der Waals surface area (Å²) in [6, 6.07) is 47.3. The van der Waals surface area contributed by atoms with E-state index in [1.54, 1.807) is 74.8 Å². The number of hydrogen-bond donors (Lipinski definition) is 6. The predicted molar refractivity (Wildman–Crippen MR) is 347 cm³/mol. The Morgan fingerprint density at radius 3 is 1.58 bits per heavy atom. The number of hydrogen-bond acceptors (Lipinski definition) is 9. The van der Waals surface area contributed by atoms with Crippen LogP contribution in [-0.4, -0.2) is 52.0 Å². The summed E-state index contributed by atoms with van der Waals surface area (Å²) in [7, 11) is -1.46. The van der Waals surface area contributed by atoms with Gasteiger partial charge in [0.2, 0.25) is 0 Å². The molecule has 88 heavy (non-hydrogen) atoms. The maximum Gasteiger partial charge on any atom is 0.407 e. The molecule has 2 fully saturated rings. The van der Waals surface area contributed by atoms with Gasteiger partial charge in [0.1, 0.15) is 28.6 Å². The minimum atomic E-state index is -1.46. The first-order valence-corrected chi connectivity index (χ1v) is 30.9. The van der Waals surface area contributed by atoms with Gasteiger partial charge >= 0.3 is 6.09 Å². The number of aromatic nitrogens is 4. The molecule has 2 heterocycles. The highest BCUT2D eigenvalue weighted by molar-refractivity contribution is 7.84. The normalized spacial score (nSPS) is 14.9. The third kappa shape index (κ3) is 16.6. The van der Waals surface area contributed by atoms with Crippen molar-refractivity contribution in [2.45, 2.75) is 141 Å². The van der Waals surface area contributed by atoms with Gasteiger partial charge < -0.3 is 32.2 Å². The fourth-order valence-corrected chi connectivity index (χ4v) is 11.5. The molecule has 0 saturated heterocycles. The van der Waals surface area contributed by atoms with E-state index < -0.39 is 62.0 Å². The highest BCUT2D eigenvalue weighted by atomic mass is 35.5. The third-order valence-corrected chi connectivity index (χ3v) is 17.2. The Bertz CT molecular complexity index is 3770. The summed E-state index contributed by atoms with van der Waals surface area (Å²) < 4.78 is 55.6. The van der Waals surface area contributed by atoms with E-state index in [1.807, 2.05) is 131 Å². The molecule has 8 aromatic rings. The second kappa shape index (κ2) is 28.1. The maximum atomic E-state index is 15.6. The van der Waals surface area contributed by atoms with Crippen molar-refractivity contribution in [3.05, 3.63) is 226 Å². The lowest BCUT2D eigenvalue weighted by atomic mass is 9.79. The highest BCUT2D eigenvalue weighted by Gasteiger charge is 2.41. The summed E-state index contributed by atoms with van der Waals surface area (Å²) in [6.45, 7) is 15.3. The summed E-state index contributed by atoms with van der Waals surface area (Å²) in [5.41, 5.74) is 18.7. The van der Waals surface area contributed by atoms with E-state index in [0.29, 0.717) is 58.8 Å². The average molecular weight is 1240 g/mol. The molecule has 10 rings (SSSR count). The first-order valence-electron chi connectivity index (χ1n) is 29.7. The summed E-state index contributed by atoms with van der Waals surface area (Å²) in [6.07, 6.45) is 7.55. The zero-order valence-electron chi connectivity index (χ0n) is 51.3. The number of benzene rings is 6. The van der Waals surface area contributed by atoms with Crippen molar-refractivity contribution in [1.82, 2.24) is 29.6 Å². The largest absolute Gasteiger partial charge is 0.444 e. The number of halogens is 3. The van der Waals surface area contributed by atoms with Gasteiger partial charge in [-0.1, -0.05) is 123 Å². The van der Waals surface area contributed by atoms with Gasteiger partial charge in [0, 0.05) is 13.1 Å². The smallest absolute Gasteiger partial charge is 0.407 e. The molecule has 8 N–H and O–H groups in total. The van der Waals surface area contributed by atoms with Gasteiger partial charge in [0.25, 0.3) is 11.8 Å². The molecule has 2 aliphatic rings. The van der Waals surface area contributed by atoms with Gasteiger partial charge in [-0.15, -0.1) is 12.4 Å². The summed E-state index contributed by atoms with van der Waals surface area (Å²) in [5, 5.41) is 17.4. The number of nitrogens with one attached hydrogen (secondary N) is 4. The van der Waals surface area contributed by atoms with Crippen LogP contribution in [0.1, 0.15) is 159 Å². The first-order chi connectivity index (χ1) is 41.4. The van der Waals surface area contributed by atoms with Crippen LogP contribution in [0, 0.1) is 37.3 Å². The Morgan fingerprint density at radius 1 is 0.602 bits per heavy atom. The van der Waals surface area contributed by atoms with Crippen LogP contribution in [0.25, 0.3) is 11.4 Å². The average Bonchev–Trinajstić information content (AvgIpc) is 1.85. The number of anilines is 2. The number of carbonyl (C=O) groups excluding carboxylic acids is 3. The Hall–Kier alpha value is -7.87. The van der Waals surface area contributed by atoms with Gasteiger partial charge in [-0.3, -0.25) is 9.59 Å². The van der Waals surface area contributed by atoms with E-state index in [0.717, 1.165) is 59.9 Å². The number of ether oxygens (including phenoxy) is 1. The van der Waals surface area contributed by atoms with Crippen LogP contribution in [0.4, 0.5) is 25.0 Å². The monoisotopic (exact) mass is 1230 g/mol. The lowest BCUT2D eigenvalue weighted by Gasteiger charge is -2.38. The summed E-state index contributed by atoms with van der Waals surface area (Å²) in [4.78, 5) is 39.5. The van der Waals surface area contributed by atoms with Crippen molar-refractivity contribution in [3.8, 4) is 11.4 Å².